The van der Waals surface area contributed by atoms with Crippen LogP contribution < -0.4 is 10.2 Å². The van der Waals surface area contributed by atoms with E-state index >= 15 is 0 Å². The molecule has 1 saturated heterocycles. The van der Waals surface area contributed by atoms with Gasteiger partial charge in [0.1, 0.15) is 11.6 Å². The number of aryl methyl sites for hydroxylation is 1. The van der Waals surface area contributed by atoms with Gasteiger partial charge < -0.3 is 15.0 Å². The van der Waals surface area contributed by atoms with Crippen molar-refractivity contribution in [2.24, 2.45) is 0 Å². The molecule has 21 heavy (non-hydrogen) atoms. The maximum absolute atomic E-state index is 5.43. The number of nitrogens with zero attached hydrogens (tertiary/aromatic N) is 5. The molecule has 1 atom stereocenters. The minimum absolute atomic E-state index is 0.316. The summed E-state index contributed by atoms with van der Waals surface area (Å²) in [6.45, 7) is 6.26. The maximum atomic E-state index is 5.43. The van der Waals surface area contributed by atoms with E-state index in [4.69, 9.17) is 4.74 Å². The van der Waals surface area contributed by atoms with E-state index in [1.54, 1.807) is 12.3 Å². The molecule has 0 aliphatic carbocycles. The Balaban J connectivity index is 1.72. The van der Waals surface area contributed by atoms with Gasteiger partial charge in [-0.05, 0) is 32.0 Å². The molecule has 0 bridgehead atoms. The van der Waals surface area contributed by atoms with Crippen LogP contribution in [0.1, 0.15) is 12.7 Å². The molecule has 0 saturated carbocycles. The van der Waals surface area contributed by atoms with Gasteiger partial charge in [0.15, 0.2) is 11.6 Å². The summed E-state index contributed by atoms with van der Waals surface area (Å²) in [5, 5.41) is 11.6. The molecule has 2 aromatic rings. The lowest BCUT2D eigenvalue weighted by molar-refractivity contribution is 0.0984. The number of aromatic nitrogens is 4. The van der Waals surface area contributed by atoms with Crippen LogP contribution in [0, 0.1) is 6.92 Å². The third kappa shape index (κ3) is 3.25. The zero-order chi connectivity index (χ0) is 14.7. The van der Waals surface area contributed by atoms with Crippen molar-refractivity contribution in [1.29, 1.82) is 0 Å². The summed E-state index contributed by atoms with van der Waals surface area (Å²) < 4.78 is 5.43. The van der Waals surface area contributed by atoms with Gasteiger partial charge in [0.25, 0.3) is 0 Å². The number of anilines is 3. The van der Waals surface area contributed by atoms with Gasteiger partial charge in [-0.25, -0.2) is 9.97 Å². The molecule has 0 radical (unpaired) electrons. The molecule has 7 heteroatoms. The van der Waals surface area contributed by atoms with Gasteiger partial charge in [-0.1, -0.05) is 0 Å². The Hall–Kier alpha value is -2.28. The van der Waals surface area contributed by atoms with Crippen molar-refractivity contribution in [2.75, 3.05) is 30.0 Å². The van der Waals surface area contributed by atoms with Crippen LogP contribution in [0.2, 0.25) is 0 Å². The van der Waals surface area contributed by atoms with E-state index in [2.05, 4.69) is 37.3 Å². The zero-order valence-corrected chi connectivity index (χ0v) is 12.2. The Morgan fingerprint density at radius 1 is 1.24 bits per heavy atom. The van der Waals surface area contributed by atoms with Gasteiger partial charge in [0.05, 0.1) is 19.3 Å². The average Bonchev–Trinajstić information content (AvgIpc) is 2.49. The van der Waals surface area contributed by atoms with Crippen LogP contribution >= 0.6 is 0 Å². The van der Waals surface area contributed by atoms with Crippen LogP contribution in [0.15, 0.2) is 24.4 Å². The number of ether oxygens (including phenoxy) is 1. The number of nitrogens with one attached hydrogen (secondary N) is 1. The summed E-state index contributed by atoms with van der Waals surface area (Å²) in [6.07, 6.45) is 1.71. The molecule has 1 N–H and O–H groups in total. The molecule has 7 nitrogen and oxygen atoms in total. The van der Waals surface area contributed by atoms with Crippen molar-refractivity contribution in [3.63, 3.8) is 0 Å². The Kier molecular flexibility index (Phi) is 3.92. The van der Waals surface area contributed by atoms with Crippen LogP contribution in [0.25, 0.3) is 0 Å². The van der Waals surface area contributed by atoms with E-state index in [0.717, 1.165) is 25.6 Å². The molecule has 1 aliphatic rings. The minimum atomic E-state index is 0.316. The average molecular weight is 286 g/mol. The summed E-state index contributed by atoms with van der Waals surface area (Å²) in [7, 11) is 0. The molecule has 3 rings (SSSR count). The molecule has 0 spiro atoms. The number of hydrogen-bond donors (Lipinski definition) is 1. The van der Waals surface area contributed by atoms with Crippen LogP contribution in [-0.4, -0.2) is 46.0 Å². The maximum Gasteiger partial charge on any atom is 0.154 e. The first-order chi connectivity index (χ1) is 10.2. The SMILES string of the molecule is Cc1nccc(Nc2ccc(N3CCOCC3C)nn2)n1. The van der Waals surface area contributed by atoms with Crippen molar-refractivity contribution in [1.82, 2.24) is 20.2 Å². The molecule has 1 fully saturated rings. The molecule has 3 heterocycles. The second kappa shape index (κ2) is 6.01. The molecule has 0 aromatic carbocycles. The van der Waals surface area contributed by atoms with E-state index in [1.165, 1.54) is 0 Å². The first-order valence-electron chi connectivity index (χ1n) is 6.97. The predicted octanol–water partition coefficient (Wildman–Crippen LogP) is 1.54. The van der Waals surface area contributed by atoms with Gasteiger partial charge >= 0.3 is 0 Å². The number of morpholine rings is 1. The minimum Gasteiger partial charge on any atom is -0.377 e. The molecule has 110 valence electrons. The first kappa shape index (κ1) is 13.7. The van der Waals surface area contributed by atoms with Gasteiger partial charge in [0.2, 0.25) is 0 Å². The fraction of sp³-hybridized carbons (Fsp3) is 0.429. The lowest BCUT2D eigenvalue weighted by Crippen LogP contribution is -2.44. The van der Waals surface area contributed by atoms with Crippen LogP contribution in [0.5, 0.6) is 0 Å². The fourth-order valence-electron chi connectivity index (χ4n) is 2.27. The first-order valence-corrected chi connectivity index (χ1v) is 6.97. The van der Waals surface area contributed by atoms with E-state index < -0.39 is 0 Å². The largest absolute Gasteiger partial charge is 0.377 e. The van der Waals surface area contributed by atoms with Crippen molar-refractivity contribution < 1.29 is 4.74 Å². The summed E-state index contributed by atoms with van der Waals surface area (Å²) in [5.41, 5.74) is 0. The van der Waals surface area contributed by atoms with Crippen molar-refractivity contribution in [2.45, 2.75) is 19.9 Å². The summed E-state index contributed by atoms with van der Waals surface area (Å²) in [5.74, 6) is 2.96. The lowest BCUT2D eigenvalue weighted by Gasteiger charge is -2.33. The van der Waals surface area contributed by atoms with Crippen molar-refractivity contribution in [3.05, 3.63) is 30.2 Å². The van der Waals surface area contributed by atoms with Crippen LogP contribution in [-0.2, 0) is 4.74 Å². The molecular weight excluding hydrogens is 268 g/mol. The molecule has 2 aromatic heterocycles. The molecule has 0 amide bonds. The number of rotatable bonds is 3. The van der Waals surface area contributed by atoms with Crippen molar-refractivity contribution in [3.8, 4) is 0 Å². The highest BCUT2D eigenvalue weighted by atomic mass is 16.5. The second-order valence-corrected chi connectivity index (χ2v) is 5.01. The van der Waals surface area contributed by atoms with Gasteiger partial charge in [-0.2, -0.15) is 0 Å². The third-order valence-electron chi connectivity index (χ3n) is 3.34. The predicted molar refractivity (Wildman–Crippen MR) is 79.7 cm³/mol. The van der Waals surface area contributed by atoms with Crippen molar-refractivity contribution >= 4 is 17.5 Å². The standard InChI is InChI=1S/C14H18N6O/c1-10-9-21-8-7-20(10)14-4-3-13(18-19-14)17-12-5-6-15-11(2)16-12/h3-6,10H,7-9H2,1-2H3,(H,15,16,17,18). The quantitative estimate of drug-likeness (QED) is 0.917. The van der Waals surface area contributed by atoms with Gasteiger partial charge in [-0.15, -0.1) is 10.2 Å². The lowest BCUT2D eigenvalue weighted by atomic mass is 10.2. The molecular formula is C14H18N6O. The smallest absolute Gasteiger partial charge is 0.154 e. The Labute approximate surface area is 123 Å². The topological polar surface area (TPSA) is 76.1 Å². The molecule has 1 unspecified atom stereocenters. The Morgan fingerprint density at radius 3 is 2.86 bits per heavy atom. The van der Waals surface area contributed by atoms with Crippen LogP contribution in [0.3, 0.4) is 0 Å². The van der Waals surface area contributed by atoms with Gasteiger partial charge in [0, 0.05) is 12.7 Å². The second-order valence-electron chi connectivity index (χ2n) is 5.01. The van der Waals surface area contributed by atoms with Crippen LogP contribution in [0.4, 0.5) is 17.5 Å². The van der Waals surface area contributed by atoms with E-state index in [9.17, 15) is 0 Å². The monoisotopic (exact) mass is 286 g/mol. The van der Waals surface area contributed by atoms with E-state index in [-0.39, 0.29) is 0 Å². The molecule has 1 aliphatic heterocycles. The van der Waals surface area contributed by atoms with E-state index in [0.29, 0.717) is 23.5 Å². The summed E-state index contributed by atoms with van der Waals surface area (Å²) in [4.78, 5) is 10.5. The Morgan fingerprint density at radius 2 is 2.14 bits per heavy atom. The van der Waals surface area contributed by atoms with E-state index in [1.807, 2.05) is 19.1 Å². The Bertz CT molecular complexity index is 603. The number of hydrogen-bond acceptors (Lipinski definition) is 7. The summed E-state index contributed by atoms with van der Waals surface area (Å²) in [6, 6.07) is 5.98. The fourth-order valence-corrected chi connectivity index (χ4v) is 2.27. The zero-order valence-electron chi connectivity index (χ0n) is 12.2. The highest BCUT2D eigenvalue weighted by Gasteiger charge is 2.20. The normalized spacial score (nSPS) is 18.6. The third-order valence-corrected chi connectivity index (χ3v) is 3.34. The summed E-state index contributed by atoms with van der Waals surface area (Å²) >= 11 is 0. The van der Waals surface area contributed by atoms with Gasteiger partial charge in [-0.3, -0.25) is 0 Å². The highest BCUT2D eigenvalue weighted by Crippen LogP contribution is 2.18. The highest BCUT2D eigenvalue weighted by molar-refractivity contribution is 5.52.